The summed E-state index contributed by atoms with van der Waals surface area (Å²) in [4.78, 5) is 68.7. The van der Waals surface area contributed by atoms with Crippen LogP contribution in [0.25, 0.3) is 6.08 Å². The summed E-state index contributed by atoms with van der Waals surface area (Å²) in [5, 5.41) is 0.113. The minimum Gasteiger partial charge on any atom is -0.493 e. The van der Waals surface area contributed by atoms with Crippen molar-refractivity contribution in [3.05, 3.63) is 219 Å². The highest BCUT2D eigenvalue weighted by Crippen LogP contribution is 2.43. The maximum Gasteiger partial charge on any atom is 0.264 e. The molecule has 0 bridgehead atoms. The Balaban J connectivity index is 0.000000215. The van der Waals surface area contributed by atoms with Gasteiger partial charge in [0.15, 0.2) is 37.9 Å². The molecular weight excluding hydrogens is 1320 g/mol. The Hall–Kier alpha value is -8.95. The average molecular weight is 1410 g/mol. The van der Waals surface area contributed by atoms with Gasteiger partial charge in [0.1, 0.15) is 0 Å². The average Bonchev–Trinajstić information content (AvgIpc) is 1.61. The van der Waals surface area contributed by atoms with E-state index in [0.29, 0.717) is 101 Å². The number of fused-ring (bicyclic) bond motifs is 2. The smallest absolute Gasteiger partial charge is 0.264 e. The van der Waals surface area contributed by atoms with E-state index < -0.39 is 58.9 Å². The molecular formula is C74H86N8O14S3. The molecule has 4 aliphatic heterocycles. The molecule has 4 heterocycles. The number of nitrogens with one attached hydrogen (secondary N) is 2. The minimum atomic E-state index is -4.08. The van der Waals surface area contributed by atoms with Crippen LogP contribution in [0.3, 0.4) is 0 Å². The number of benzene rings is 7. The molecule has 25 heteroatoms. The van der Waals surface area contributed by atoms with Crippen molar-refractivity contribution in [3.8, 4) is 23.0 Å². The van der Waals surface area contributed by atoms with E-state index in [1.807, 2.05) is 78.9 Å². The van der Waals surface area contributed by atoms with E-state index in [1.165, 1.54) is 48.3 Å². The van der Waals surface area contributed by atoms with Gasteiger partial charge in [-0.3, -0.25) is 38.8 Å². The molecule has 0 saturated carbocycles. The second kappa shape index (κ2) is 32.4. The van der Waals surface area contributed by atoms with Crippen LogP contribution in [0.5, 0.6) is 23.0 Å². The molecule has 4 amide bonds. The number of amides is 4. The third-order valence-corrected chi connectivity index (χ3v) is 23.3. The second-order valence-electron chi connectivity index (χ2n) is 24.8. The Morgan fingerprint density at radius 2 is 0.838 bits per heavy atom. The standard InChI is InChI=1S/C40H44N4O6S.C34H42N4O8S2/c1-29(31-14-8-5-9-15-31)42-23-25-43(26-24-42)35-17-10-16-33-38(35)40(46)44(39(33)45)34(32-19-20-36(49-2)37(28-32)50-3)18-11-22-41-51(47,48)27-21-30-12-6-4-7-13-30;1-24(25-10-6-5-7-11-25)36-18-20-37(21-19-36)29-13-8-12-27-32(29)34(40)38(33(27)39)28(26-15-16-30(45-2)31(22-26)46-3)14-9-17-35-48(43,44)23-47(4,41)42/h4-10,12-17,19-21,27-29,34,41H,11,18,22-26H2,1-3H3;5-8,10-13,15-16,22,24,28,35H,9,14,17-21,23H2,1-4H3/b27-21+;/t29-,34?;24-,28?/m11/s1. The Kier molecular flexibility index (Phi) is 23.8. The van der Waals surface area contributed by atoms with Gasteiger partial charge in [-0.25, -0.2) is 34.7 Å². The first kappa shape index (κ1) is 72.8. The van der Waals surface area contributed by atoms with Crippen LogP contribution in [0.1, 0.15) is 133 Å². The summed E-state index contributed by atoms with van der Waals surface area (Å²) in [6.07, 6.45) is 3.48. The SMILES string of the molecule is COc1ccc(C(CCCNS(=O)(=O)/C=C/c2ccccc2)N2C(=O)c3cccc(N4CCN([C@H](C)c5ccccc5)CC4)c3C2=O)cc1OC.COc1ccc(C(CCCNS(=O)(=O)CS(C)(=O)=O)N2C(=O)c3cccc(N4CCN([C@H](C)c5ccccc5)CC4)c3C2=O)cc1OC. The van der Waals surface area contributed by atoms with Crippen LogP contribution in [-0.4, -0.2) is 174 Å². The van der Waals surface area contributed by atoms with Gasteiger partial charge in [-0.1, -0.05) is 115 Å². The third kappa shape index (κ3) is 17.4. The molecule has 2 N–H and O–H groups in total. The van der Waals surface area contributed by atoms with E-state index >= 15 is 0 Å². The highest BCUT2D eigenvalue weighted by Gasteiger charge is 2.45. The van der Waals surface area contributed by atoms with Gasteiger partial charge in [0, 0.05) is 89.2 Å². The van der Waals surface area contributed by atoms with E-state index in [0.717, 1.165) is 49.1 Å². The molecule has 0 radical (unpaired) electrons. The third-order valence-electron chi connectivity index (χ3n) is 18.6. The first-order chi connectivity index (χ1) is 47.5. The van der Waals surface area contributed by atoms with Crippen molar-refractivity contribution in [2.75, 3.05) is 115 Å². The van der Waals surface area contributed by atoms with E-state index in [9.17, 15) is 44.4 Å². The van der Waals surface area contributed by atoms with Crippen LogP contribution in [-0.2, 0) is 29.9 Å². The first-order valence-electron chi connectivity index (χ1n) is 33.0. The molecule has 2 saturated heterocycles. The number of rotatable bonds is 28. The number of anilines is 2. The number of hydrogen-bond donors (Lipinski definition) is 2. The van der Waals surface area contributed by atoms with E-state index in [1.54, 1.807) is 55.6 Å². The molecule has 524 valence electrons. The van der Waals surface area contributed by atoms with Gasteiger partial charge in [-0.15, -0.1) is 0 Å². The number of nitrogens with zero attached hydrogens (tertiary/aromatic N) is 6. The number of hydrogen-bond acceptors (Lipinski definition) is 18. The number of imide groups is 2. The zero-order valence-electron chi connectivity index (χ0n) is 56.8. The van der Waals surface area contributed by atoms with E-state index in [-0.39, 0.29) is 49.8 Å². The summed E-state index contributed by atoms with van der Waals surface area (Å²) in [6.45, 7) is 10.4. The van der Waals surface area contributed by atoms with Gasteiger partial charge in [0.25, 0.3) is 23.6 Å². The Morgan fingerprint density at radius 1 is 0.444 bits per heavy atom. The number of ether oxygens (including phenoxy) is 4. The second-order valence-corrected chi connectivity index (χ2v) is 30.8. The number of methoxy groups -OCH3 is 4. The molecule has 99 heavy (non-hydrogen) atoms. The van der Waals surface area contributed by atoms with Crippen LogP contribution in [0.15, 0.2) is 169 Å². The highest BCUT2D eigenvalue weighted by atomic mass is 32.3. The fraction of sp³-hybridized carbons (Fsp3) is 0.351. The molecule has 4 aliphatic rings. The summed E-state index contributed by atoms with van der Waals surface area (Å²) in [7, 11) is -5.49. The predicted octanol–water partition coefficient (Wildman–Crippen LogP) is 9.92. The van der Waals surface area contributed by atoms with Crippen LogP contribution in [0.2, 0.25) is 0 Å². The number of piperazine rings is 2. The van der Waals surface area contributed by atoms with Crippen molar-refractivity contribution in [2.45, 2.75) is 63.7 Å². The number of carbonyl (C=O) groups is 4. The predicted molar refractivity (Wildman–Crippen MR) is 383 cm³/mol. The topological polar surface area (TPSA) is 251 Å². The van der Waals surface area contributed by atoms with Crippen molar-refractivity contribution >= 4 is 71.0 Å². The van der Waals surface area contributed by atoms with Crippen molar-refractivity contribution in [1.82, 2.24) is 29.0 Å². The molecule has 0 aliphatic carbocycles. The Morgan fingerprint density at radius 3 is 1.23 bits per heavy atom. The molecule has 0 spiro atoms. The molecule has 7 aromatic rings. The molecule has 0 aromatic heterocycles. The molecule has 2 unspecified atom stereocenters. The van der Waals surface area contributed by atoms with Crippen molar-refractivity contribution in [1.29, 1.82) is 0 Å². The lowest BCUT2D eigenvalue weighted by Crippen LogP contribution is -2.47. The number of sulfone groups is 1. The summed E-state index contributed by atoms with van der Waals surface area (Å²) in [5.41, 5.74) is 7.47. The Bertz CT molecular complexity index is 4400. The summed E-state index contributed by atoms with van der Waals surface area (Å²) >= 11 is 0. The summed E-state index contributed by atoms with van der Waals surface area (Å²) < 4.78 is 100. The van der Waals surface area contributed by atoms with E-state index in [4.69, 9.17) is 18.9 Å². The monoisotopic (exact) mass is 1410 g/mol. The fourth-order valence-corrected chi connectivity index (χ4v) is 17.3. The maximum atomic E-state index is 14.4. The normalized spacial score (nSPS) is 16.6. The van der Waals surface area contributed by atoms with Gasteiger partial charge < -0.3 is 28.7 Å². The van der Waals surface area contributed by atoms with Crippen molar-refractivity contribution < 1.29 is 63.4 Å². The number of carbonyl (C=O) groups excluding carboxylic acids is 4. The fourth-order valence-electron chi connectivity index (χ4n) is 13.4. The van der Waals surface area contributed by atoms with Crippen LogP contribution in [0, 0.1) is 0 Å². The maximum absolute atomic E-state index is 14.4. The lowest BCUT2D eigenvalue weighted by molar-refractivity contribution is 0.0557. The van der Waals surface area contributed by atoms with Crippen LogP contribution < -0.4 is 38.2 Å². The quantitative estimate of drug-likeness (QED) is 0.0342. The molecule has 22 nitrogen and oxygen atoms in total. The van der Waals surface area contributed by atoms with Crippen molar-refractivity contribution in [3.63, 3.8) is 0 Å². The van der Waals surface area contributed by atoms with Crippen LogP contribution >= 0.6 is 0 Å². The molecule has 11 rings (SSSR count). The lowest BCUT2D eigenvalue weighted by atomic mass is 9.99. The highest BCUT2D eigenvalue weighted by molar-refractivity contribution is 8.06. The van der Waals surface area contributed by atoms with Gasteiger partial charge in [-0.05, 0) is 122 Å². The van der Waals surface area contributed by atoms with Crippen molar-refractivity contribution in [2.24, 2.45) is 0 Å². The minimum absolute atomic E-state index is 0.0816. The largest absolute Gasteiger partial charge is 0.493 e. The zero-order valence-corrected chi connectivity index (χ0v) is 59.2. The van der Waals surface area contributed by atoms with Gasteiger partial charge in [0.05, 0.1) is 74.2 Å². The summed E-state index contributed by atoms with van der Waals surface area (Å²) in [6, 6.07) is 50.3. The molecule has 4 atom stereocenters. The molecule has 7 aromatic carbocycles. The van der Waals surface area contributed by atoms with Gasteiger partial charge in [-0.2, -0.15) is 0 Å². The Labute approximate surface area is 581 Å². The van der Waals surface area contributed by atoms with E-state index in [2.05, 4.69) is 79.3 Å². The first-order valence-corrected chi connectivity index (χ1v) is 38.2. The number of sulfonamides is 2. The van der Waals surface area contributed by atoms with Gasteiger partial charge >= 0.3 is 0 Å². The molecule has 2 fully saturated rings. The van der Waals surface area contributed by atoms with Crippen LogP contribution in [0.4, 0.5) is 11.4 Å². The van der Waals surface area contributed by atoms with Gasteiger partial charge in [0.2, 0.25) is 20.0 Å². The summed E-state index contributed by atoms with van der Waals surface area (Å²) in [5.74, 6) is 0.257. The zero-order chi connectivity index (χ0) is 70.6. The lowest BCUT2D eigenvalue weighted by Gasteiger charge is -2.39.